The Labute approximate surface area is 172 Å². The molecule has 1 aliphatic heterocycles. The highest BCUT2D eigenvalue weighted by Crippen LogP contribution is 2.39. The summed E-state index contributed by atoms with van der Waals surface area (Å²) in [5, 5.41) is 5.11. The summed E-state index contributed by atoms with van der Waals surface area (Å²) in [5.41, 5.74) is 3.60. The van der Waals surface area contributed by atoms with Crippen LogP contribution in [0.1, 0.15) is 0 Å². The van der Waals surface area contributed by atoms with Crippen molar-refractivity contribution >= 4 is 51.9 Å². The summed E-state index contributed by atoms with van der Waals surface area (Å²) in [6.45, 7) is 0. The number of fused-ring (bicyclic) bond motifs is 1. The van der Waals surface area contributed by atoms with Crippen LogP contribution in [-0.2, 0) is 16.7 Å². The van der Waals surface area contributed by atoms with Crippen LogP contribution in [0.2, 0.25) is 10.0 Å². The van der Waals surface area contributed by atoms with Crippen molar-refractivity contribution in [2.45, 2.75) is 6.17 Å². The number of amides is 2. The fourth-order valence-corrected chi connectivity index (χ4v) is 3.30. The second kappa shape index (κ2) is 7.32. The number of carbonyl (C=O) groups is 2. The van der Waals surface area contributed by atoms with Crippen molar-refractivity contribution in [2.24, 2.45) is 7.05 Å². The summed E-state index contributed by atoms with van der Waals surface area (Å²) in [4.78, 5) is 41.9. The van der Waals surface area contributed by atoms with Crippen LogP contribution in [-0.4, -0.2) is 27.7 Å². The number of aromatic nitrogens is 2. The van der Waals surface area contributed by atoms with E-state index in [1.807, 2.05) is 0 Å². The Bertz CT molecular complexity index is 1180. The van der Waals surface area contributed by atoms with Crippen LogP contribution in [0.4, 0.5) is 10.5 Å². The van der Waals surface area contributed by atoms with E-state index in [9.17, 15) is 14.4 Å². The highest BCUT2D eigenvalue weighted by atomic mass is 35.5. The number of nitrogens with one attached hydrogen (secondary N) is 4. The van der Waals surface area contributed by atoms with Gasteiger partial charge >= 0.3 is 11.8 Å². The lowest BCUT2D eigenvalue weighted by Crippen LogP contribution is -2.43. The van der Waals surface area contributed by atoms with Crippen molar-refractivity contribution in [3.63, 3.8) is 0 Å². The maximum atomic E-state index is 12.1. The maximum absolute atomic E-state index is 12.1. The number of benzene rings is 2. The molecule has 2 heterocycles. The van der Waals surface area contributed by atoms with E-state index in [-0.39, 0.29) is 21.5 Å². The van der Waals surface area contributed by atoms with Crippen LogP contribution in [0.3, 0.4) is 0 Å². The lowest BCUT2D eigenvalue weighted by Gasteiger charge is -2.13. The third kappa shape index (κ3) is 3.73. The van der Waals surface area contributed by atoms with Gasteiger partial charge in [0, 0.05) is 18.8 Å². The lowest BCUT2D eigenvalue weighted by atomic mass is 10.2. The Hall–Kier alpha value is -3.21. The van der Waals surface area contributed by atoms with E-state index < -0.39 is 18.2 Å². The zero-order chi connectivity index (χ0) is 20.7. The van der Waals surface area contributed by atoms with Crippen LogP contribution in [0, 0.1) is 0 Å². The van der Waals surface area contributed by atoms with Crippen molar-refractivity contribution < 1.29 is 19.2 Å². The predicted molar refractivity (Wildman–Crippen MR) is 105 cm³/mol. The quantitative estimate of drug-likeness (QED) is 0.496. The van der Waals surface area contributed by atoms with E-state index in [0.29, 0.717) is 22.5 Å². The molecule has 1 unspecified atom stereocenters. The Morgan fingerprint density at radius 2 is 1.93 bits per heavy atom. The average molecular weight is 438 g/mol. The molecule has 2 aromatic carbocycles. The topological polar surface area (TPSA) is 126 Å². The molecule has 1 aromatic heterocycles. The molecular formula is C17H13Cl2N5O5. The normalized spacial score (nSPS) is 15.8. The first-order valence-electron chi connectivity index (χ1n) is 8.21. The molecule has 150 valence electrons. The largest absolute Gasteiger partial charge is 0.454 e. The smallest absolute Gasteiger partial charge is 0.427 e. The van der Waals surface area contributed by atoms with Gasteiger partial charge < -0.3 is 19.9 Å². The van der Waals surface area contributed by atoms with Crippen LogP contribution < -0.4 is 26.5 Å². The molecule has 0 aliphatic carbocycles. The molecule has 0 bridgehead atoms. The molecule has 0 radical (unpaired) electrons. The van der Waals surface area contributed by atoms with Crippen LogP contribution >= 0.6 is 23.2 Å². The van der Waals surface area contributed by atoms with Crippen molar-refractivity contribution in [1.82, 2.24) is 20.3 Å². The highest BCUT2D eigenvalue weighted by Gasteiger charge is 2.28. The van der Waals surface area contributed by atoms with Gasteiger partial charge in [0.25, 0.3) is 5.91 Å². The number of hydrogen-bond donors (Lipinski definition) is 4. The number of aryl methyl sites for hydroxylation is 1. The first kappa shape index (κ1) is 19.1. The molecule has 2 amide bonds. The molecule has 29 heavy (non-hydrogen) atoms. The minimum absolute atomic E-state index is 0.149. The predicted octanol–water partition coefficient (Wildman–Crippen LogP) is 2.47. The molecule has 3 aromatic rings. The summed E-state index contributed by atoms with van der Waals surface area (Å²) in [6, 6.07) is 7.93. The van der Waals surface area contributed by atoms with Crippen molar-refractivity contribution in [2.75, 3.05) is 5.32 Å². The number of imidazole rings is 1. The molecule has 12 heteroatoms. The summed E-state index contributed by atoms with van der Waals surface area (Å²) < 4.78 is 7.24. The fraction of sp³-hybridized carbons (Fsp3) is 0.118. The van der Waals surface area contributed by atoms with E-state index in [1.165, 1.54) is 16.7 Å². The van der Waals surface area contributed by atoms with E-state index in [0.717, 1.165) is 0 Å². The Morgan fingerprint density at radius 3 is 2.59 bits per heavy atom. The Balaban J connectivity index is 1.56. The maximum Gasteiger partial charge on any atom is 0.427 e. The molecule has 4 N–H and O–H groups in total. The number of rotatable bonds is 4. The molecule has 1 atom stereocenters. The Morgan fingerprint density at radius 1 is 1.21 bits per heavy atom. The van der Waals surface area contributed by atoms with Gasteiger partial charge in [0.15, 0.2) is 11.9 Å². The lowest BCUT2D eigenvalue weighted by molar-refractivity contribution is -0.119. The van der Waals surface area contributed by atoms with Crippen LogP contribution in [0.15, 0.2) is 35.1 Å². The number of nitrogens with zero attached hydrogens (tertiary/aromatic N) is 1. The number of halogens is 2. The van der Waals surface area contributed by atoms with Crippen molar-refractivity contribution in [1.29, 1.82) is 0 Å². The van der Waals surface area contributed by atoms with Crippen LogP contribution in [0.5, 0.6) is 11.5 Å². The van der Waals surface area contributed by atoms with Crippen molar-refractivity contribution in [3.05, 3.63) is 50.9 Å². The first-order valence-corrected chi connectivity index (χ1v) is 8.97. The molecule has 1 fully saturated rings. The molecular weight excluding hydrogens is 425 g/mol. The SMILES string of the molecule is Cn1c(=O)[nH]c2ccc(Oc3c(Cl)cc(NC(=O)C4NOC(=O)N4)cc3Cl)cc21. The molecule has 0 saturated carbocycles. The first-order chi connectivity index (χ1) is 13.8. The summed E-state index contributed by atoms with van der Waals surface area (Å²) in [5.74, 6) is 0.0278. The standard InChI is InChI=1S/C17H13Cl2N5O5/c1-24-12-6-8(2-3-11(12)21-16(24)26)28-13-9(18)4-7(5-10(13)19)20-15(25)14-22-17(27)29-23-14/h2-6,14,23H,1H3,(H,20,25)(H,21,26)(H,22,27). The van der Waals surface area contributed by atoms with E-state index >= 15 is 0 Å². The summed E-state index contributed by atoms with van der Waals surface area (Å²) >= 11 is 12.5. The number of H-pyrrole nitrogens is 1. The van der Waals surface area contributed by atoms with Gasteiger partial charge in [-0.2, -0.15) is 0 Å². The number of hydrogen-bond acceptors (Lipinski definition) is 6. The number of carbonyl (C=O) groups excluding carboxylic acids is 2. The second-order valence-corrected chi connectivity index (χ2v) is 6.93. The Kier molecular flexibility index (Phi) is 4.82. The van der Waals surface area contributed by atoms with Crippen LogP contribution in [0.25, 0.3) is 11.0 Å². The average Bonchev–Trinajstić information content (AvgIpc) is 3.22. The highest BCUT2D eigenvalue weighted by molar-refractivity contribution is 6.37. The van der Waals surface area contributed by atoms with Gasteiger partial charge in [-0.3, -0.25) is 14.7 Å². The number of aromatic amines is 1. The fourth-order valence-electron chi connectivity index (χ4n) is 2.74. The molecule has 0 spiro atoms. The van der Waals surface area contributed by atoms with Gasteiger partial charge in [0.05, 0.1) is 21.1 Å². The third-order valence-electron chi connectivity index (χ3n) is 4.16. The summed E-state index contributed by atoms with van der Waals surface area (Å²) in [7, 11) is 1.63. The minimum Gasteiger partial charge on any atom is -0.454 e. The zero-order valence-electron chi connectivity index (χ0n) is 14.7. The number of hydroxylamine groups is 1. The van der Waals surface area contributed by atoms with Gasteiger partial charge in [-0.25, -0.2) is 9.59 Å². The number of ether oxygens (including phenoxy) is 1. The number of anilines is 1. The van der Waals surface area contributed by atoms with Crippen molar-refractivity contribution in [3.8, 4) is 11.5 Å². The minimum atomic E-state index is -1.05. The van der Waals surface area contributed by atoms with E-state index in [2.05, 4.69) is 25.9 Å². The zero-order valence-corrected chi connectivity index (χ0v) is 16.2. The second-order valence-electron chi connectivity index (χ2n) is 6.11. The molecule has 10 nitrogen and oxygen atoms in total. The van der Waals surface area contributed by atoms with E-state index in [1.54, 1.807) is 25.2 Å². The molecule has 4 rings (SSSR count). The monoisotopic (exact) mass is 437 g/mol. The van der Waals surface area contributed by atoms with Gasteiger partial charge in [0.2, 0.25) is 0 Å². The van der Waals surface area contributed by atoms with Gasteiger partial charge in [-0.15, -0.1) is 5.48 Å². The molecule has 1 saturated heterocycles. The molecule has 1 aliphatic rings. The van der Waals surface area contributed by atoms with E-state index in [4.69, 9.17) is 27.9 Å². The summed E-state index contributed by atoms with van der Waals surface area (Å²) in [6.07, 6.45) is -1.81. The third-order valence-corrected chi connectivity index (χ3v) is 4.72. The van der Waals surface area contributed by atoms with Gasteiger partial charge in [0.1, 0.15) is 5.75 Å². The van der Waals surface area contributed by atoms with Gasteiger partial charge in [-0.05, 0) is 24.3 Å². The van der Waals surface area contributed by atoms with Gasteiger partial charge in [-0.1, -0.05) is 23.2 Å².